The van der Waals surface area contributed by atoms with E-state index >= 15 is 0 Å². The van der Waals surface area contributed by atoms with E-state index in [4.69, 9.17) is 5.10 Å². The van der Waals surface area contributed by atoms with Gasteiger partial charge in [0.15, 0.2) is 0 Å². The predicted molar refractivity (Wildman–Crippen MR) is 114 cm³/mol. The number of hydrogen-bond donors (Lipinski definition) is 0. The highest BCUT2D eigenvalue weighted by Gasteiger charge is 2.14. The van der Waals surface area contributed by atoms with Crippen LogP contribution in [0.4, 0.5) is 4.39 Å². The second kappa shape index (κ2) is 7.95. The molecule has 3 nitrogen and oxygen atoms in total. The summed E-state index contributed by atoms with van der Waals surface area (Å²) in [6.45, 7) is 2.03. The van der Waals surface area contributed by atoms with Crippen molar-refractivity contribution in [3.63, 3.8) is 0 Å². The zero-order valence-electron chi connectivity index (χ0n) is 15.9. The first kappa shape index (κ1) is 18.4. The van der Waals surface area contributed by atoms with E-state index in [1.807, 2.05) is 67.7 Å². The lowest BCUT2D eigenvalue weighted by Gasteiger charge is -2.03. The summed E-state index contributed by atoms with van der Waals surface area (Å²) < 4.78 is 16.0. The predicted octanol–water partition coefficient (Wildman–Crippen LogP) is 6.05. The minimum Gasteiger partial charge on any atom is -0.240 e. The number of aromatic nitrogens is 2. The topological polar surface area (TPSA) is 41.6 Å². The van der Waals surface area contributed by atoms with Gasteiger partial charge in [-0.3, -0.25) is 0 Å². The van der Waals surface area contributed by atoms with E-state index in [2.05, 4.69) is 6.07 Å². The van der Waals surface area contributed by atoms with Crippen molar-refractivity contribution in [2.24, 2.45) is 0 Å². The van der Waals surface area contributed by atoms with Gasteiger partial charge in [-0.1, -0.05) is 66.2 Å². The molecule has 0 N–H and O–H groups in total. The largest absolute Gasteiger partial charge is 0.240 e. The van der Waals surface area contributed by atoms with Crippen LogP contribution >= 0.6 is 0 Å². The molecular weight excluding hydrogens is 361 g/mol. The maximum Gasteiger partial charge on any atom is 0.131 e. The van der Waals surface area contributed by atoms with Crippen LogP contribution in [-0.4, -0.2) is 9.78 Å². The summed E-state index contributed by atoms with van der Waals surface area (Å²) in [5, 5.41) is 14.4. The Balaban J connectivity index is 1.89. The summed E-state index contributed by atoms with van der Waals surface area (Å²) in [6.07, 6.45) is 3.56. The minimum atomic E-state index is -0.423. The number of hydrogen-bond acceptors (Lipinski definition) is 2. The van der Waals surface area contributed by atoms with Crippen LogP contribution in [0.3, 0.4) is 0 Å². The number of nitrogens with zero attached hydrogens (tertiary/aromatic N) is 3. The molecule has 0 aliphatic heterocycles. The van der Waals surface area contributed by atoms with Gasteiger partial charge in [-0.25, -0.2) is 9.07 Å². The number of rotatable bonds is 4. The van der Waals surface area contributed by atoms with Crippen molar-refractivity contribution < 1.29 is 4.39 Å². The van der Waals surface area contributed by atoms with Crippen molar-refractivity contribution in [2.75, 3.05) is 0 Å². The normalized spacial score (nSPS) is 11.3. The number of benzene rings is 3. The van der Waals surface area contributed by atoms with Crippen LogP contribution in [0, 0.1) is 24.1 Å². The number of halogens is 1. The van der Waals surface area contributed by atoms with Crippen LogP contribution in [0.15, 0.2) is 85.1 Å². The minimum absolute atomic E-state index is 0.254. The Hall–Kier alpha value is -3.97. The van der Waals surface area contributed by atoms with Crippen molar-refractivity contribution in [1.29, 1.82) is 5.26 Å². The molecule has 0 fully saturated rings. The lowest BCUT2D eigenvalue weighted by atomic mass is 10.0. The SMILES string of the molecule is Cc1ccc(-c2nn(-c3ccccc3)cc2/C=C(/C#N)c2ccccc2F)cc1. The van der Waals surface area contributed by atoms with Crippen molar-refractivity contribution in [2.45, 2.75) is 6.92 Å². The van der Waals surface area contributed by atoms with E-state index in [0.29, 0.717) is 0 Å². The molecule has 1 aromatic heterocycles. The van der Waals surface area contributed by atoms with E-state index in [1.54, 1.807) is 29.0 Å². The average Bonchev–Trinajstić information content (AvgIpc) is 3.18. The van der Waals surface area contributed by atoms with E-state index < -0.39 is 5.82 Å². The molecule has 0 atom stereocenters. The number of nitriles is 1. The maximum absolute atomic E-state index is 14.3. The molecule has 29 heavy (non-hydrogen) atoms. The zero-order chi connectivity index (χ0) is 20.2. The van der Waals surface area contributed by atoms with Crippen molar-refractivity contribution in [3.8, 4) is 23.0 Å². The van der Waals surface area contributed by atoms with Crippen molar-refractivity contribution in [3.05, 3.63) is 108 Å². The van der Waals surface area contributed by atoms with Gasteiger partial charge in [-0.2, -0.15) is 10.4 Å². The standard InChI is InChI=1S/C25H18FN3/c1-18-11-13-19(14-12-18)25-21(17-29(28-25)22-7-3-2-4-8-22)15-20(16-27)23-9-5-6-10-24(23)26/h2-15,17H,1H3/b20-15-. The molecular formula is C25H18FN3. The van der Waals surface area contributed by atoms with Gasteiger partial charge in [0.1, 0.15) is 5.82 Å². The summed E-state index contributed by atoms with van der Waals surface area (Å²) in [5.41, 5.74) is 5.00. The molecule has 0 aliphatic carbocycles. The highest BCUT2D eigenvalue weighted by Crippen LogP contribution is 2.28. The van der Waals surface area contributed by atoms with Gasteiger partial charge in [0.05, 0.1) is 23.0 Å². The first-order valence-electron chi connectivity index (χ1n) is 9.24. The number of aryl methyl sites for hydroxylation is 1. The third-order valence-corrected chi connectivity index (χ3v) is 4.67. The lowest BCUT2D eigenvalue weighted by Crippen LogP contribution is -1.93. The molecule has 0 saturated carbocycles. The monoisotopic (exact) mass is 379 g/mol. The Bertz CT molecular complexity index is 1210. The van der Waals surface area contributed by atoms with E-state index in [0.717, 1.165) is 28.1 Å². The van der Waals surface area contributed by atoms with Crippen LogP contribution in [0.5, 0.6) is 0 Å². The van der Waals surface area contributed by atoms with Crippen LogP contribution in [0.2, 0.25) is 0 Å². The van der Waals surface area contributed by atoms with Crippen LogP contribution in [-0.2, 0) is 0 Å². The fourth-order valence-electron chi connectivity index (χ4n) is 3.15. The van der Waals surface area contributed by atoms with Gasteiger partial charge < -0.3 is 0 Å². The third-order valence-electron chi connectivity index (χ3n) is 4.67. The van der Waals surface area contributed by atoms with Gasteiger partial charge in [-0.05, 0) is 31.2 Å². The highest BCUT2D eigenvalue weighted by molar-refractivity contribution is 5.92. The molecule has 0 unspecified atom stereocenters. The molecule has 0 spiro atoms. The molecule has 140 valence electrons. The molecule has 0 aliphatic rings. The van der Waals surface area contributed by atoms with Gasteiger partial charge >= 0.3 is 0 Å². The van der Waals surface area contributed by atoms with Crippen LogP contribution in [0.25, 0.3) is 28.6 Å². The lowest BCUT2D eigenvalue weighted by molar-refractivity contribution is 0.624. The Labute approximate surface area is 169 Å². The summed E-state index contributed by atoms with van der Waals surface area (Å²) in [5.74, 6) is -0.423. The fraction of sp³-hybridized carbons (Fsp3) is 0.0400. The first-order valence-corrected chi connectivity index (χ1v) is 9.24. The number of allylic oxidation sites excluding steroid dienone is 1. The Kier molecular flexibility index (Phi) is 5.05. The Morgan fingerprint density at radius 2 is 1.66 bits per heavy atom. The van der Waals surface area contributed by atoms with Gasteiger partial charge in [0.2, 0.25) is 0 Å². The zero-order valence-corrected chi connectivity index (χ0v) is 15.9. The van der Waals surface area contributed by atoms with Crippen molar-refractivity contribution >= 4 is 11.6 Å². The molecule has 4 aromatic rings. The second-order valence-electron chi connectivity index (χ2n) is 6.73. The highest BCUT2D eigenvalue weighted by atomic mass is 19.1. The van der Waals surface area contributed by atoms with E-state index in [1.165, 1.54) is 6.07 Å². The van der Waals surface area contributed by atoms with Crippen molar-refractivity contribution in [1.82, 2.24) is 9.78 Å². The molecule has 4 rings (SSSR count). The third kappa shape index (κ3) is 3.85. The Morgan fingerprint density at radius 1 is 0.966 bits per heavy atom. The fourth-order valence-corrected chi connectivity index (χ4v) is 3.15. The smallest absolute Gasteiger partial charge is 0.131 e. The van der Waals surface area contributed by atoms with E-state index in [9.17, 15) is 9.65 Å². The molecule has 0 bridgehead atoms. The molecule has 3 aromatic carbocycles. The average molecular weight is 379 g/mol. The van der Waals surface area contributed by atoms with Crippen LogP contribution < -0.4 is 0 Å². The summed E-state index contributed by atoms with van der Waals surface area (Å²) >= 11 is 0. The van der Waals surface area contributed by atoms with E-state index in [-0.39, 0.29) is 11.1 Å². The molecule has 0 radical (unpaired) electrons. The van der Waals surface area contributed by atoms with Gasteiger partial charge in [0, 0.05) is 22.9 Å². The quantitative estimate of drug-likeness (QED) is 0.405. The molecule has 0 amide bonds. The summed E-state index contributed by atoms with van der Waals surface area (Å²) in [4.78, 5) is 0. The second-order valence-corrected chi connectivity index (χ2v) is 6.73. The Morgan fingerprint density at radius 3 is 2.34 bits per heavy atom. The molecule has 0 saturated heterocycles. The first-order chi connectivity index (χ1) is 14.2. The van der Waals surface area contributed by atoms with Gasteiger partial charge in [0.25, 0.3) is 0 Å². The maximum atomic E-state index is 14.3. The summed E-state index contributed by atoms with van der Waals surface area (Å²) in [6, 6.07) is 26.2. The number of para-hydroxylation sites is 1. The van der Waals surface area contributed by atoms with Gasteiger partial charge in [-0.15, -0.1) is 0 Å². The van der Waals surface area contributed by atoms with Crippen LogP contribution in [0.1, 0.15) is 16.7 Å². The summed E-state index contributed by atoms with van der Waals surface area (Å²) in [7, 11) is 0. The molecule has 1 heterocycles. The molecule has 4 heteroatoms.